The highest BCUT2D eigenvalue weighted by Gasteiger charge is 2.40. The van der Waals surface area contributed by atoms with Crippen LogP contribution in [0, 0.1) is 0 Å². The third kappa shape index (κ3) is 3.39. The largest absolute Gasteiger partial charge is 0.513 e. The van der Waals surface area contributed by atoms with E-state index in [9.17, 15) is 10.1 Å². The number of hydrogen-bond acceptors (Lipinski definition) is 6. The summed E-state index contributed by atoms with van der Waals surface area (Å²) in [6.07, 6.45) is 2.73. The molecule has 0 spiro atoms. The van der Waals surface area contributed by atoms with Crippen molar-refractivity contribution < 1.29 is 14.8 Å². The lowest BCUT2D eigenvalue weighted by molar-refractivity contribution is -0.0983. The van der Waals surface area contributed by atoms with Gasteiger partial charge in [0.05, 0.1) is 23.0 Å². The number of aliphatic hydroxyl groups is 1. The van der Waals surface area contributed by atoms with Gasteiger partial charge in [-0.15, -0.1) is 0 Å². The van der Waals surface area contributed by atoms with Gasteiger partial charge in [-0.1, -0.05) is 0 Å². The highest BCUT2D eigenvalue weighted by Crippen LogP contribution is 2.25. The van der Waals surface area contributed by atoms with E-state index >= 15 is 0 Å². The van der Waals surface area contributed by atoms with Crippen molar-refractivity contribution in [1.29, 1.82) is 0 Å². The molecule has 0 fully saturated rings. The Labute approximate surface area is 101 Å². The molecule has 4 N–H and O–H groups in total. The number of nitrogens with two attached hydrogens (primary N) is 1. The minimum Gasteiger partial charge on any atom is -0.422 e. The van der Waals surface area contributed by atoms with Gasteiger partial charge in [0.1, 0.15) is 5.82 Å². The summed E-state index contributed by atoms with van der Waals surface area (Å²) in [5.74, 6) is 0.200. The summed E-state index contributed by atoms with van der Waals surface area (Å²) in [5, 5.41) is 19.8. The second-order valence-electron chi connectivity index (χ2n) is 4.91. The van der Waals surface area contributed by atoms with Crippen LogP contribution >= 0.6 is 0 Å². The molecule has 7 heteroatoms. The number of anilines is 1. The topological polar surface area (TPSA) is 101 Å². The molecule has 1 aromatic rings. The Hall–Kier alpha value is -1.18. The van der Waals surface area contributed by atoms with Crippen LogP contribution < -0.4 is 11.3 Å². The standard InChI is InChI=1S/C10H18BN3O3/c1-9(2,15)10(3,4)17-11(16)7-5-13-6-8(12)14-7/h5-6,15-16H,1-4H3,(H2,12,14). The maximum atomic E-state index is 9.90. The van der Waals surface area contributed by atoms with E-state index in [1.807, 2.05) is 0 Å². The van der Waals surface area contributed by atoms with E-state index in [0.29, 0.717) is 0 Å². The Morgan fingerprint density at radius 3 is 2.35 bits per heavy atom. The first-order chi connectivity index (χ1) is 7.63. The van der Waals surface area contributed by atoms with Gasteiger partial charge in [0.2, 0.25) is 0 Å². The Kier molecular flexibility index (Phi) is 3.76. The van der Waals surface area contributed by atoms with Gasteiger partial charge in [0.15, 0.2) is 0 Å². The molecular weight excluding hydrogens is 221 g/mol. The molecule has 94 valence electrons. The van der Waals surface area contributed by atoms with Crippen LogP contribution in [-0.4, -0.2) is 38.4 Å². The number of nitrogen functional groups attached to an aromatic ring is 1. The van der Waals surface area contributed by atoms with Gasteiger partial charge in [-0.25, -0.2) is 4.98 Å². The van der Waals surface area contributed by atoms with Gasteiger partial charge >= 0.3 is 7.12 Å². The lowest BCUT2D eigenvalue weighted by Gasteiger charge is -2.38. The first-order valence-corrected chi connectivity index (χ1v) is 5.29. The molecular formula is C10H18BN3O3. The van der Waals surface area contributed by atoms with Crippen LogP contribution in [0.1, 0.15) is 27.7 Å². The Balaban J connectivity index is 2.83. The number of nitrogens with zero attached hydrogens (tertiary/aromatic N) is 2. The molecule has 0 saturated heterocycles. The maximum Gasteiger partial charge on any atom is 0.513 e. The Bertz CT molecular complexity index is 393. The highest BCUT2D eigenvalue weighted by molar-refractivity contribution is 6.59. The third-order valence-corrected chi connectivity index (χ3v) is 2.80. The average molecular weight is 239 g/mol. The predicted octanol–water partition coefficient (Wildman–Crippen LogP) is -0.688. The van der Waals surface area contributed by atoms with Crippen molar-refractivity contribution >= 4 is 18.5 Å². The van der Waals surface area contributed by atoms with E-state index in [2.05, 4.69) is 9.97 Å². The molecule has 1 aromatic heterocycles. The zero-order valence-corrected chi connectivity index (χ0v) is 10.5. The molecule has 1 rings (SSSR count). The summed E-state index contributed by atoms with van der Waals surface area (Å²) in [5.41, 5.74) is 3.61. The normalized spacial score (nSPS) is 12.6. The lowest BCUT2D eigenvalue weighted by atomic mass is 9.80. The zero-order valence-electron chi connectivity index (χ0n) is 10.5. The average Bonchev–Trinajstić information content (AvgIpc) is 2.15. The van der Waals surface area contributed by atoms with Crippen LogP contribution in [0.5, 0.6) is 0 Å². The summed E-state index contributed by atoms with van der Waals surface area (Å²) < 4.78 is 5.39. The fourth-order valence-electron chi connectivity index (χ4n) is 0.999. The minimum absolute atomic E-state index is 0.200. The monoisotopic (exact) mass is 239 g/mol. The SMILES string of the molecule is CC(C)(O)C(C)(C)OB(O)c1cncc(N)n1. The summed E-state index contributed by atoms with van der Waals surface area (Å²) in [4.78, 5) is 7.71. The second kappa shape index (κ2) is 4.60. The van der Waals surface area contributed by atoms with Crippen LogP contribution in [0.2, 0.25) is 0 Å². The molecule has 0 atom stereocenters. The molecule has 0 amide bonds. The van der Waals surface area contributed by atoms with Crippen molar-refractivity contribution in [3.8, 4) is 0 Å². The molecule has 0 bridgehead atoms. The van der Waals surface area contributed by atoms with Gasteiger partial charge in [-0.2, -0.15) is 0 Å². The molecule has 1 heterocycles. The fourth-order valence-corrected chi connectivity index (χ4v) is 0.999. The van der Waals surface area contributed by atoms with Crippen molar-refractivity contribution in [1.82, 2.24) is 9.97 Å². The van der Waals surface area contributed by atoms with E-state index in [1.54, 1.807) is 27.7 Å². The van der Waals surface area contributed by atoms with Crippen molar-refractivity contribution in [3.05, 3.63) is 12.4 Å². The van der Waals surface area contributed by atoms with E-state index in [0.717, 1.165) is 0 Å². The molecule has 0 aliphatic rings. The lowest BCUT2D eigenvalue weighted by Crippen LogP contribution is -2.53. The van der Waals surface area contributed by atoms with Crippen LogP contribution in [0.15, 0.2) is 12.4 Å². The van der Waals surface area contributed by atoms with Crippen molar-refractivity contribution in [3.63, 3.8) is 0 Å². The number of aromatic nitrogens is 2. The molecule has 0 saturated carbocycles. The first-order valence-electron chi connectivity index (χ1n) is 5.29. The van der Waals surface area contributed by atoms with E-state index < -0.39 is 18.3 Å². The highest BCUT2D eigenvalue weighted by atomic mass is 16.5. The van der Waals surface area contributed by atoms with Gasteiger partial charge in [0.25, 0.3) is 0 Å². The van der Waals surface area contributed by atoms with E-state index in [4.69, 9.17) is 10.4 Å². The summed E-state index contributed by atoms with van der Waals surface area (Å²) in [7, 11) is -1.28. The van der Waals surface area contributed by atoms with Crippen molar-refractivity contribution in [2.24, 2.45) is 0 Å². The second-order valence-corrected chi connectivity index (χ2v) is 4.91. The minimum atomic E-state index is -1.28. The summed E-state index contributed by atoms with van der Waals surface area (Å²) in [6.45, 7) is 6.56. The fraction of sp³-hybridized carbons (Fsp3) is 0.600. The van der Waals surface area contributed by atoms with E-state index in [1.165, 1.54) is 12.4 Å². The number of hydrogen-bond donors (Lipinski definition) is 3. The Morgan fingerprint density at radius 1 is 1.29 bits per heavy atom. The molecule has 0 aliphatic carbocycles. The maximum absolute atomic E-state index is 9.90. The molecule has 0 radical (unpaired) electrons. The quantitative estimate of drug-likeness (QED) is 0.601. The smallest absolute Gasteiger partial charge is 0.422 e. The van der Waals surface area contributed by atoms with Gasteiger partial charge in [-0.3, -0.25) is 4.98 Å². The van der Waals surface area contributed by atoms with Crippen LogP contribution in [0.4, 0.5) is 5.82 Å². The van der Waals surface area contributed by atoms with Crippen LogP contribution in [0.3, 0.4) is 0 Å². The summed E-state index contributed by atoms with van der Waals surface area (Å²) in [6, 6.07) is 0. The van der Waals surface area contributed by atoms with Gasteiger partial charge < -0.3 is 20.5 Å². The molecule has 0 aromatic carbocycles. The molecule has 0 unspecified atom stereocenters. The molecule has 0 aliphatic heterocycles. The zero-order chi connectivity index (χ0) is 13.3. The van der Waals surface area contributed by atoms with E-state index in [-0.39, 0.29) is 11.4 Å². The van der Waals surface area contributed by atoms with Crippen LogP contribution in [-0.2, 0) is 4.65 Å². The summed E-state index contributed by atoms with van der Waals surface area (Å²) >= 11 is 0. The first kappa shape index (κ1) is 13.9. The Morgan fingerprint density at radius 2 is 1.88 bits per heavy atom. The molecule has 17 heavy (non-hydrogen) atoms. The van der Waals surface area contributed by atoms with Crippen molar-refractivity contribution in [2.45, 2.75) is 38.9 Å². The number of rotatable bonds is 4. The predicted molar refractivity (Wildman–Crippen MR) is 65.5 cm³/mol. The van der Waals surface area contributed by atoms with Gasteiger partial charge in [-0.05, 0) is 27.7 Å². The third-order valence-electron chi connectivity index (χ3n) is 2.80. The van der Waals surface area contributed by atoms with Crippen molar-refractivity contribution in [2.75, 3.05) is 5.73 Å². The molecule has 6 nitrogen and oxygen atoms in total. The van der Waals surface area contributed by atoms with Crippen LogP contribution in [0.25, 0.3) is 0 Å². The van der Waals surface area contributed by atoms with Gasteiger partial charge in [0, 0.05) is 6.20 Å².